The van der Waals surface area contributed by atoms with Crippen LogP contribution in [0.5, 0.6) is 0 Å². The Hall–Kier alpha value is -1.10. The molecule has 5 nitrogen and oxygen atoms in total. The van der Waals surface area contributed by atoms with Crippen LogP contribution in [0.15, 0.2) is 5.16 Å². The second-order valence-electron chi connectivity index (χ2n) is 3.44. The fraction of sp³-hybridized carbons (Fsp3) is 0.778. The third-order valence-corrected chi connectivity index (χ3v) is 2.44. The van der Waals surface area contributed by atoms with Crippen LogP contribution in [-0.2, 0) is 9.63 Å². The molecule has 1 unspecified atom stereocenters. The number of rotatable bonds is 5. The maximum Gasteiger partial charge on any atom is 0.307 e. The van der Waals surface area contributed by atoms with Crippen LogP contribution in [0.2, 0.25) is 0 Å². The Morgan fingerprint density at radius 2 is 2.50 bits per heavy atom. The zero-order valence-electron chi connectivity index (χ0n) is 8.19. The standard InChI is InChI=1S/C9H16N2O3/c1-10-14-6-5-11-4-2-3-8(7-11)9(12)13/h8H,1-7H2,(H,12,13). The van der Waals surface area contributed by atoms with E-state index in [2.05, 4.69) is 16.8 Å². The topological polar surface area (TPSA) is 62.1 Å². The molecule has 1 N–H and O–H groups in total. The number of hydrogen-bond acceptors (Lipinski definition) is 4. The van der Waals surface area contributed by atoms with E-state index in [1.807, 2.05) is 0 Å². The number of carboxylic acids is 1. The number of oxime groups is 1. The maximum atomic E-state index is 10.7. The first-order chi connectivity index (χ1) is 6.74. The number of carboxylic acid groups (broad SMARTS) is 1. The van der Waals surface area contributed by atoms with E-state index in [1.54, 1.807) is 0 Å². The van der Waals surface area contributed by atoms with Gasteiger partial charge in [-0.2, -0.15) is 0 Å². The molecular weight excluding hydrogens is 184 g/mol. The minimum Gasteiger partial charge on any atom is -0.481 e. The smallest absolute Gasteiger partial charge is 0.307 e. The van der Waals surface area contributed by atoms with Gasteiger partial charge in [-0.05, 0) is 19.4 Å². The van der Waals surface area contributed by atoms with Crippen LogP contribution >= 0.6 is 0 Å². The highest BCUT2D eigenvalue weighted by atomic mass is 16.6. The summed E-state index contributed by atoms with van der Waals surface area (Å²) in [5.74, 6) is -0.919. The molecular formula is C9H16N2O3. The summed E-state index contributed by atoms with van der Waals surface area (Å²) in [6.45, 7) is 5.98. The van der Waals surface area contributed by atoms with Crippen molar-refractivity contribution >= 4 is 12.7 Å². The monoisotopic (exact) mass is 200 g/mol. The molecule has 0 aromatic rings. The lowest BCUT2D eigenvalue weighted by atomic mass is 9.98. The maximum absolute atomic E-state index is 10.7. The minimum absolute atomic E-state index is 0.222. The molecule has 0 aromatic heterocycles. The highest BCUT2D eigenvalue weighted by molar-refractivity contribution is 5.70. The molecule has 0 amide bonds. The van der Waals surface area contributed by atoms with Crippen molar-refractivity contribution in [2.45, 2.75) is 12.8 Å². The Balaban J connectivity index is 2.25. The molecule has 1 aliphatic rings. The second kappa shape index (κ2) is 5.59. The van der Waals surface area contributed by atoms with Crippen molar-refractivity contribution in [3.8, 4) is 0 Å². The normalized spacial score (nSPS) is 23.0. The molecule has 1 heterocycles. The lowest BCUT2D eigenvalue weighted by molar-refractivity contribution is -0.143. The van der Waals surface area contributed by atoms with Crippen LogP contribution in [0.1, 0.15) is 12.8 Å². The van der Waals surface area contributed by atoms with Crippen LogP contribution in [0.3, 0.4) is 0 Å². The van der Waals surface area contributed by atoms with Crippen molar-refractivity contribution in [2.24, 2.45) is 11.1 Å². The zero-order chi connectivity index (χ0) is 10.4. The Labute approximate surface area is 83.3 Å². The largest absolute Gasteiger partial charge is 0.481 e. The van der Waals surface area contributed by atoms with Gasteiger partial charge in [-0.3, -0.25) is 9.69 Å². The van der Waals surface area contributed by atoms with E-state index in [0.717, 1.165) is 25.9 Å². The van der Waals surface area contributed by atoms with Crippen molar-refractivity contribution in [3.05, 3.63) is 0 Å². The van der Waals surface area contributed by atoms with Crippen LogP contribution in [0.25, 0.3) is 0 Å². The molecule has 1 rings (SSSR count). The van der Waals surface area contributed by atoms with E-state index in [-0.39, 0.29) is 5.92 Å². The van der Waals surface area contributed by atoms with Gasteiger partial charge >= 0.3 is 5.97 Å². The molecule has 14 heavy (non-hydrogen) atoms. The average molecular weight is 200 g/mol. The van der Waals surface area contributed by atoms with Gasteiger partial charge in [-0.25, -0.2) is 0 Å². The van der Waals surface area contributed by atoms with Crippen molar-refractivity contribution in [1.29, 1.82) is 0 Å². The Bertz CT molecular complexity index is 208. The first-order valence-electron chi connectivity index (χ1n) is 4.77. The van der Waals surface area contributed by atoms with Gasteiger partial charge in [0.25, 0.3) is 0 Å². The number of piperidine rings is 1. The zero-order valence-corrected chi connectivity index (χ0v) is 8.19. The molecule has 0 spiro atoms. The van der Waals surface area contributed by atoms with Crippen molar-refractivity contribution in [1.82, 2.24) is 4.90 Å². The average Bonchev–Trinajstić information content (AvgIpc) is 2.19. The minimum atomic E-state index is -0.697. The van der Waals surface area contributed by atoms with Gasteiger partial charge in [0.05, 0.1) is 5.92 Å². The molecule has 1 atom stereocenters. The van der Waals surface area contributed by atoms with Gasteiger partial charge in [0, 0.05) is 19.8 Å². The Morgan fingerprint density at radius 1 is 1.71 bits per heavy atom. The second-order valence-corrected chi connectivity index (χ2v) is 3.44. The number of aliphatic carboxylic acids is 1. The summed E-state index contributed by atoms with van der Waals surface area (Å²) in [5.41, 5.74) is 0. The van der Waals surface area contributed by atoms with E-state index >= 15 is 0 Å². The predicted molar refractivity (Wildman–Crippen MR) is 52.3 cm³/mol. The van der Waals surface area contributed by atoms with E-state index in [9.17, 15) is 4.79 Å². The lowest BCUT2D eigenvalue weighted by Gasteiger charge is -2.29. The summed E-state index contributed by atoms with van der Waals surface area (Å²) in [4.78, 5) is 17.6. The summed E-state index contributed by atoms with van der Waals surface area (Å²) < 4.78 is 0. The predicted octanol–water partition coefficient (Wildman–Crippen LogP) is 0.415. The van der Waals surface area contributed by atoms with Crippen LogP contribution < -0.4 is 0 Å². The molecule has 1 fully saturated rings. The molecule has 5 heteroatoms. The number of hydrogen-bond donors (Lipinski definition) is 1. The molecule has 1 aliphatic heterocycles. The SMILES string of the molecule is C=NOCCN1CCCC(C(=O)O)C1. The van der Waals surface area contributed by atoms with Crippen LogP contribution in [0.4, 0.5) is 0 Å². The fourth-order valence-electron chi connectivity index (χ4n) is 1.69. The Morgan fingerprint density at radius 3 is 3.14 bits per heavy atom. The first-order valence-corrected chi connectivity index (χ1v) is 4.77. The van der Waals surface area contributed by atoms with Gasteiger partial charge in [0.15, 0.2) is 0 Å². The quantitative estimate of drug-likeness (QED) is 0.397. The molecule has 0 aromatic carbocycles. The fourth-order valence-corrected chi connectivity index (χ4v) is 1.69. The molecule has 80 valence electrons. The highest BCUT2D eigenvalue weighted by Crippen LogP contribution is 2.15. The molecule has 0 bridgehead atoms. The lowest BCUT2D eigenvalue weighted by Crippen LogP contribution is -2.40. The number of likely N-dealkylation sites (tertiary alicyclic amines) is 1. The van der Waals surface area contributed by atoms with E-state index in [0.29, 0.717) is 13.2 Å². The Kier molecular flexibility index (Phi) is 4.39. The van der Waals surface area contributed by atoms with Gasteiger partial charge in [0.2, 0.25) is 0 Å². The van der Waals surface area contributed by atoms with Crippen LogP contribution in [0, 0.1) is 5.92 Å². The summed E-state index contributed by atoms with van der Waals surface area (Å²) in [5, 5.41) is 12.1. The third kappa shape index (κ3) is 3.33. The van der Waals surface area contributed by atoms with E-state index in [4.69, 9.17) is 9.94 Å². The van der Waals surface area contributed by atoms with Gasteiger partial charge < -0.3 is 9.94 Å². The van der Waals surface area contributed by atoms with Crippen molar-refractivity contribution in [2.75, 3.05) is 26.2 Å². The molecule has 0 aliphatic carbocycles. The summed E-state index contributed by atoms with van der Waals surface area (Å²) in [7, 11) is 0. The number of nitrogens with zero attached hydrogens (tertiary/aromatic N) is 2. The third-order valence-electron chi connectivity index (χ3n) is 2.44. The number of carbonyl (C=O) groups is 1. The molecule has 1 saturated heterocycles. The van der Waals surface area contributed by atoms with E-state index < -0.39 is 5.97 Å². The van der Waals surface area contributed by atoms with Gasteiger partial charge in [-0.1, -0.05) is 0 Å². The van der Waals surface area contributed by atoms with Crippen molar-refractivity contribution in [3.63, 3.8) is 0 Å². The molecule has 0 saturated carbocycles. The van der Waals surface area contributed by atoms with Crippen LogP contribution in [-0.4, -0.2) is 48.9 Å². The highest BCUT2D eigenvalue weighted by Gasteiger charge is 2.24. The summed E-state index contributed by atoms with van der Waals surface area (Å²) in [6.07, 6.45) is 1.73. The van der Waals surface area contributed by atoms with Crippen molar-refractivity contribution < 1.29 is 14.7 Å². The summed E-state index contributed by atoms with van der Waals surface area (Å²) in [6, 6.07) is 0. The summed E-state index contributed by atoms with van der Waals surface area (Å²) >= 11 is 0. The molecule has 0 radical (unpaired) electrons. The van der Waals surface area contributed by atoms with Gasteiger partial charge in [0.1, 0.15) is 6.61 Å². The first kappa shape index (κ1) is 11.0. The van der Waals surface area contributed by atoms with E-state index in [1.165, 1.54) is 0 Å². The van der Waals surface area contributed by atoms with Gasteiger partial charge in [-0.15, -0.1) is 5.16 Å².